The van der Waals surface area contributed by atoms with Gasteiger partial charge in [-0.25, -0.2) is 14.8 Å². The number of urea groups is 1. The van der Waals surface area contributed by atoms with Crippen LogP contribution in [0.1, 0.15) is 24.0 Å². The van der Waals surface area contributed by atoms with E-state index in [2.05, 4.69) is 39.9 Å². The summed E-state index contributed by atoms with van der Waals surface area (Å²) in [6, 6.07) is 8.59. The third-order valence-corrected chi connectivity index (χ3v) is 5.59. The van der Waals surface area contributed by atoms with Crippen molar-refractivity contribution in [3.8, 4) is 11.3 Å². The summed E-state index contributed by atoms with van der Waals surface area (Å²) in [4.78, 5) is 23.0. The highest BCUT2D eigenvalue weighted by atomic mass is 16.2. The summed E-state index contributed by atoms with van der Waals surface area (Å²) < 4.78 is 0. The van der Waals surface area contributed by atoms with Gasteiger partial charge in [0.1, 0.15) is 0 Å². The van der Waals surface area contributed by atoms with E-state index in [0.29, 0.717) is 5.95 Å². The minimum atomic E-state index is 0.0151. The molecule has 0 radical (unpaired) electrons. The lowest BCUT2D eigenvalue weighted by Crippen LogP contribution is -2.49. The molecule has 1 aliphatic carbocycles. The van der Waals surface area contributed by atoms with E-state index in [0.717, 1.165) is 38.0 Å². The molecule has 1 aromatic heterocycles. The number of fused-ring (bicyclic) bond motifs is 4. The van der Waals surface area contributed by atoms with Crippen molar-refractivity contribution in [1.29, 1.82) is 0 Å². The van der Waals surface area contributed by atoms with Crippen LogP contribution in [0, 0.1) is 0 Å². The molecule has 1 saturated heterocycles. The van der Waals surface area contributed by atoms with Crippen molar-refractivity contribution in [2.45, 2.75) is 24.7 Å². The van der Waals surface area contributed by atoms with E-state index in [1.807, 2.05) is 18.1 Å². The molecule has 6 heteroatoms. The fourth-order valence-electron chi connectivity index (χ4n) is 4.24. The lowest BCUT2D eigenvalue weighted by atomic mass is 9.64. The van der Waals surface area contributed by atoms with Gasteiger partial charge in [0.2, 0.25) is 5.95 Å². The number of likely N-dealkylation sites (tertiary alicyclic amines) is 1. The molecule has 1 aliphatic heterocycles. The van der Waals surface area contributed by atoms with Gasteiger partial charge in [-0.15, -0.1) is 0 Å². The molecule has 1 aromatic carbocycles. The van der Waals surface area contributed by atoms with Gasteiger partial charge in [0.15, 0.2) is 0 Å². The standard InChI is InChI=1S/C19H23N5O/c1-20-17-22-12-13-11-19(7-9-24(10-8-19)18(25)21-2)15-6-4-3-5-14(15)16(13)23-17/h3-6,12H,7-11H2,1-2H3,(H,21,25)(H,20,22,23). The average molecular weight is 337 g/mol. The summed E-state index contributed by atoms with van der Waals surface area (Å²) in [6.07, 6.45) is 4.82. The number of rotatable bonds is 1. The maximum absolute atomic E-state index is 11.9. The van der Waals surface area contributed by atoms with Crippen molar-refractivity contribution in [1.82, 2.24) is 20.2 Å². The van der Waals surface area contributed by atoms with Crippen LogP contribution in [0.15, 0.2) is 30.5 Å². The third kappa shape index (κ3) is 2.52. The number of nitrogens with zero attached hydrogens (tertiary/aromatic N) is 3. The number of hydrogen-bond acceptors (Lipinski definition) is 4. The summed E-state index contributed by atoms with van der Waals surface area (Å²) in [5.74, 6) is 0.652. The molecule has 0 bridgehead atoms. The Balaban J connectivity index is 1.74. The number of piperidine rings is 1. The van der Waals surface area contributed by atoms with Gasteiger partial charge in [-0.3, -0.25) is 0 Å². The van der Waals surface area contributed by atoms with Gasteiger partial charge in [0.25, 0.3) is 0 Å². The molecule has 2 N–H and O–H groups in total. The lowest BCUT2D eigenvalue weighted by molar-refractivity contribution is 0.158. The minimum absolute atomic E-state index is 0.0151. The Bertz CT molecular complexity index is 811. The van der Waals surface area contributed by atoms with E-state index < -0.39 is 0 Å². The summed E-state index contributed by atoms with van der Waals surface area (Å²) in [5, 5.41) is 5.76. The molecule has 2 aliphatic rings. The van der Waals surface area contributed by atoms with Gasteiger partial charge in [0.05, 0.1) is 5.69 Å². The second kappa shape index (κ2) is 6.02. The first-order chi connectivity index (χ1) is 12.2. The van der Waals surface area contributed by atoms with Crippen LogP contribution >= 0.6 is 0 Å². The molecule has 4 rings (SSSR count). The van der Waals surface area contributed by atoms with Crippen LogP contribution < -0.4 is 10.6 Å². The third-order valence-electron chi connectivity index (χ3n) is 5.59. The topological polar surface area (TPSA) is 70.2 Å². The highest BCUT2D eigenvalue weighted by molar-refractivity contribution is 5.75. The van der Waals surface area contributed by atoms with E-state index in [-0.39, 0.29) is 11.4 Å². The van der Waals surface area contributed by atoms with E-state index in [1.54, 1.807) is 7.05 Å². The average Bonchev–Trinajstić information content (AvgIpc) is 2.68. The van der Waals surface area contributed by atoms with Crippen LogP contribution in [0.4, 0.5) is 10.7 Å². The minimum Gasteiger partial charge on any atom is -0.357 e. The normalized spacial score (nSPS) is 17.6. The van der Waals surface area contributed by atoms with Gasteiger partial charge < -0.3 is 15.5 Å². The number of carbonyl (C=O) groups excluding carboxylic acids is 1. The van der Waals surface area contributed by atoms with Gasteiger partial charge in [-0.05, 0) is 30.4 Å². The number of nitrogens with one attached hydrogen (secondary N) is 2. The zero-order valence-corrected chi connectivity index (χ0v) is 14.7. The maximum atomic E-state index is 11.9. The van der Waals surface area contributed by atoms with Crippen molar-refractivity contribution in [3.05, 3.63) is 41.6 Å². The zero-order valence-electron chi connectivity index (χ0n) is 14.7. The molecule has 1 fully saturated rings. The second-order valence-corrected chi connectivity index (χ2v) is 6.86. The van der Waals surface area contributed by atoms with Crippen LogP contribution in [-0.2, 0) is 11.8 Å². The molecule has 0 atom stereocenters. The van der Waals surface area contributed by atoms with Crippen molar-refractivity contribution in [2.24, 2.45) is 0 Å². The highest BCUT2D eigenvalue weighted by Crippen LogP contribution is 2.47. The van der Waals surface area contributed by atoms with Crippen LogP contribution in [0.5, 0.6) is 0 Å². The Kier molecular flexibility index (Phi) is 3.82. The Hall–Kier alpha value is -2.63. The van der Waals surface area contributed by atoms with Crippen molar-refractivity contribution in [2.75, 3.05) is 32.5 Å². The van der Waals surface area contributed by atoms with Crippen LogP contribution in [0.25, 0.3) is 11.3 Å². The summed E-state index contributed by atoms with van der Waals surface area (Å²) >= 11 is 0. The molecule has 25 heavy (non-hydrogen) atoms. The molecular weight excluding hydrogens is 314 g/mol. The fraction of sp³-hybridized carbons (Fsp3) is 0.421. The van der Waals surface area contributed by atoms with Crippen LogP contribution in [-0.4, -0.2) is 48.1 Å². The van der Waals surface area contributed by atoms with Gasteiger partial charge in [0, 0.05) is 44.4 Å². The monoisotopic (exact) mass is 337 g/mol. The van der Waals surface area contributed by atoms with Crippen molar-refractivity contribution in [3.63, 3.8) is 0 Å². The molecule has 130 valence electrons. The zero-order chi connectivity index (χ0) is 17.4. The number of anilines is 1. The summed E-state index contributed by atoms with van der Waals surface area (Å²) in [5.41, 5.74) is 4.87. The van der Waals surface area contributed by atoms with Gasteiger partial charge >= 0.3 is 6.03 Å². The molecule has 1 spiro atoms. The Labute approximate surface area is 147 Å². The molecule has 2 aromatic rings. The number of carbonyl (C=O) groups is 1. The molecule has 2 amide bonds. The predicted octanol–water partition coefficient (Wildman–Crippen LogP) is 2.41. The van der Waals surface area contributed by atoms with Crippen molar-refractivity contribution >= 4 is 12.0 Å². The number of hydrogen-bond donors (Lipinski definition) is 2. The Morgan fingerprint density at radius 3 is 2.68 bits per heavy atom. The molecule has 0 saturated carbocycles. The first-order valence-electron chi connectivity index (χ1n) is 8.77. The van der Waals surface area contributed by atoms with Gasteiger partial charge in [-0.1, -0.05) is 24.3 Å². The van der Waals surface area contributed by atoms with E-state index in [4.69, 9.17) is 4.98 Å². The SMILES string of the molecule is CNC(=O)N1CCC2(CC1)Cc1cnc(NC)nc1-c1ccccc12. The fourth-order valence-corrected chi connectivity index (χ4v) is 4.24. The number of benzene rings is 1. The Morgan fingerprint density at radius 1 is 1.20 bits per heavy atom. The highest BCUT2D eigenvalue weighted by Gasteiger charge is 2.42. The smallest absolute Gasteiger partial charge is 0.317 e. The number of amides is 2. The summed E-state index contributed by atoms with van der Waals surface area (Å²) in [6.45, 7) is 1.55. The van der Waals surface area contributed by atoms with E-state index >= 15 is 0 Å². The van der Waals surface area contributed by atoms with E-state index in [9.17, 15) is 4.79 Å². The van der Waals surface area contributed by atoms with Crippen LogP contribution in [0.2, 0.25) is 0 Å². The lowest BCUT2D eigenvalue weighted by Gasteiger charge is -2.45. The second-order valence-electron chi connectivity index (χ2n) is 6.86. The number of aromatic nitrogens is 2. The molecule has 0 unspecified atom stereocenters. The van der Waals surface area contributed by atoms with Gasteiger partial charge in [-0.2, -0.15) is 0 Å². The Morgan fingerprint density at radius 2 is 1.96 bits per heavy atom. The van der Waals surface area contributed by atoms with E-state index in [1.165, 1.54) is 16.7 Å². The predicted molar refractivity (Wildman–Crippen MR) is 97.7 cm³/mol. The first kappa shape index (κ1) is 15.9. The molecule has 6 nitrogen and oxygen atoms in total. The first-order valence-corrected chi connectivity index (χ1v) is 8.77. The molecular formula is C19H23N5O. The summed E-state index contributed by atoms with van der Waals surface area (Å²) in [7, 11) is 3.53. The maximum Gasteiger partial charge on any atom is 0.317 e. The van der Waals surface area contributed by atoms with Crippen LogP contribution in [0.3, 0.4) is 0 Å². The van der Waals surface area contributed by atoms with Crippen molar-refractivity contribution < 1.29 is 4.79 Å². The molecule has 2 heterocycles. The quantitative estimate of drug-likeness (QED) is 0.838. The largest absolute Gasteiger partial charge is 0.357 e.